The van der Waals surface area contributed by atoms with Crippen molar-refractivity contribution in [3.63, 3.8) is 0 Å². The molecule has 1 heterocycles. The first-order valence-electron chi connectivity index (χ1n) is 16.8. The van der Waals surface area contributed by atoms with Gasteiger partial charge in [-0.2, -0.15) is 0 Å². The van der Waals surface area contributed by atoms with E-state index in [0.717, 1.165) is 33.1 Å². The van der Waals surface area contributed by atoms with Crippen molar-refractivity contribution >= 4 is 38.6 Å². The van der Waals surface area contributed by atoms with Crippen LogP contribution in [0.3, 0.4) is 0 Å². The molecule has 9 rings (SSSR count). The summed E-state index contributed by atoms with van der Waals surface area (Å²) < 4.78 is 1.18. The molecule has 49 heavy (non-hydrogen) atoms. The highest BCUT2D eigenvalue weighted by molar-refractivity contribution is 7.21. The Kier molecular flexibility index (Phi) is 7.03. The predicted octanol–water partition coefficient (Wildman–Crippen LogP) is 13.1. The van der Waals surface area contributed by atoms with Gasteiger partial charge in [-0.1, -0.05) is 141 Å². The number of anilines is 3. The van der Waals surface area contributed by atoms with Crippen LogP contribution in [0.5, 0.6) is 0 Å². The quantitative estimate of drug-likeness (QED) is 0.179. The zero-order valence-electron chi connectivity index (χ0n) is 27.5. The fourth-order valence-electron chi connectivity index (χ4n) is 7.35. The van der Waals surface area contributed by atoms with E-state index in [-0.39, 0.29) is 5.41 Å². The summed E-state index contributed by atoms with van der Waals surface area (Å²) in [4.78, 5) is 7.57. The van der Waals surface area contributed by atoms with Crippen molar-refractivity contribution in [1.82, 2.24) is 4.98 Å². The maximum absolute atomic E-state index is 5.18. The highest BCUT2D eigenvalue weighted by atomic mass is 32.1. The minimum Gasteiger partial charge on any atom is -0.310 e. The molecule has 7 aromatic carbocycles. The molecular weight excluding hydrogens is 613 g/mol. The van der Waals surface area contributed by atoms with E-state index in [2.05, 4.69) is 189 Å². The van der Waals surface area contributed by atoms with Crippen LogP contribution in [0, 0.1) is 0 Å². The van der Waals surface area contributed by atoms with Gasteiger partial charge in [-0.25, -0.2) is 4.98 Å². The molecule has 1 aliphatic carbocycles. The van der Waals surface area contributed by atoms with Gasteiger partial charge in [0, 0.05) is 28.0 Å². The summed E-state index contributed by atoms with van der Waals surface area (Å²) in [6.07, 6.45) is 0. The number of hydrogen-bond acceptors (Lipinski definition) is 3. The SMILES string of the molecule is CC1(C)c2ccccc2-c2ccc(N(c3cccc(-c4ccccc4)c3)c3ccc4sc(-c5ccc(-c6ccccc6)cc5)nc4c3)cc21. The van der Waals surface area contributed by atoms with Gasteiger partial charge in [0.2, 0.25) is 0 Å². The lowest BCUT2D eigenvalue weighted by Gasteiger charge is -2.28. The monoisotopic (exact) mass is 646 g/mol. The summed E-state index contributed by atoms with van der Waals surface area (Å²) in [5, 5.41) is 1.03. The third-order valence-corrected chi connectivity index (χ3v) is 11.0. The first-order valence-corrected chi connectivity index (χ1v) is 17.6. The molecule has 234 valence electrons. The van der Waals surface area contributed by atoms with E-state index in [1.165, 1.54) is 49.2 Å². The number of thiazole rings is 1. The van der Waals surface area contributed by atoms with Gasteiger partial charge in [0.05, 0.1) is 10.2 Å². The molecule has 0 fully saturated rings. The Morgan fingerprint density at radius 1 is 0.449 bits per heavy atom. The highest BCUT2D eigenvalue weighted by Gasteiger charge is 2.35. The first-order chi connectivity index (χ1) is 24.0. The van der Waals surface area contributed by atoms with Crippen LogP contribution in [0.15, 0.2) is 170 Å². The van der Waals surface area contributed by atoms with Gasteiger partial charge < -0.3 is 4.90 Å². The van der Waals surface area contributed by atoms with Crippen molar-refractivity contribution < 1.29 is 0 Å². The van der Waals surface area contributed by atoms with Crippen LogP contribution in [-0.4, -0.2) is 4.98 Å². The average Bonchev–Trinajstić information content (AvgIpc) is 3.69. The lowest BCUT2D eigenvalue weighted by atomic mass is 9.82. The number of aromatic nitrogens is 1. The van der Waals surface area contributed by atoms with Crippen molar-refractivity contribution in [2.75, 3.05) is 4.90 Å². The van der Waals surface area contributed by atoms with Crippen molar-refractivity contribution in [3.05, 3.63) is 181 Å². The van der Waals surface area contributed by atoms with Gasteiger partial charge in [0.25, 0.3) is 0 Å². The van der Waals surface area contributed by atoms with E-state index in [1.807, 2.05) is 0 Å². The molecule has 3 heteroatoms. The fraction of sp³-hybridized carbons (Fsp3) is 0.0652. The normalized spacial score (nSPS) is 12.9. The largest absolute Gasteiger partial charge is 0.310 e. The van der Waals surface area contributed by atoms with Crippen LogP contribution in [0.25, 0.3) is 54.2 Å². The molecule has 0 amide bonds. The second kappa shape index (κ2) is 11.7. The van der Waals surface area contributed by atoms with E-state index in [9.17, 15) is 0 Å². The first kappa shape index (κ1) is 29.4. The minimum absolute atomic E-state index is 0.0939. The predicted molar refractivity (Wildman–Crippen MR) is 208 cm³/mol. The smallest absolute Gasteiger partial charge is 0.124 e. The molecule has 0 saturated carbocycles. The summed E-state index contributed by atoms with van der Waals surface area (Å²) in [7, 11) is 0. The minimum atomic E-state index is -0.0939. The Hall–Kier alpha value is -5.77. The van der Waals surface area contributed by atoms with Gasteiger partial charge in [0.1, 0.15) is 5.01 Å². The van der Waals surface area contributed by atoms with E-state index < -0.39 is 0 Å². The Morgan fingerprint density at radius 3 is 1.80 bits per heavy atom. The van der Waals surface area contributed by atoms with Crippen molar-refractivity contribution in [2.45, 2.75) is 19.3 Å². The van der Waals surface area contributed by atoms with Crippen molar-refractivity contribution in [1.29, 1.82) is 0 Å². The molecule has 0 aliphatic heterocycles. The Labute approximate surface area is 291 Å². The van der Waals surface area contributed by atoms with Crippen LogP contribution < -0.4 is 4.90 Å². The second-order valence-electron chi connectivity index (χ2n) is 13.3. The van der Waals surface area contributed by atoms with Gasteiger partial charge in [-0.05, 0) is 87.0 Å². The molecule has 2 nitrogen and oxygen atoms in total. The summed E-state index contributed by atoms with van der Waals surface area (Å²) >= 11 is 1.74. The summed E-state index contributed by atoms with van der Waals surface area (Å²) in [5.41, 5.74) is 15.6. The molecule has 0 spiro atoms. The van der Waals surface area contributed by atoms with Crippen LogP contribution in [-0.2, 0) is 5.41 Å². The molecule has 1 aromatic heterocycles. The Bertz CT molecular complexity index is 2460. The van der Waals surface area contributed by atoms with E-state index in [4.69, 9.17) is 4.98 Å². The van der Waals surface area contributed by atoms with Gasteiger partial charge in [0.15, 0.2) is 0 Å². The Morgan fingerprint density at radius 2 is 1.02 bits per heavy atom. The summed E-state index contributed by atoms with van der Waals surface area (Å²) in [5.74, 6) is 0. The van der Waals surface area contributed by atoms with Crippen LogP contribution in [0.2, 0.25) is 0 Å². The molecule has 0 unspecified atom stereocenters. The van der Waals surface area contributed by atoms with Crippen molar-refractivity contribution in [3.8, 4) is 44.0 Å². The number of benzene rings is 7. The molecule has 0 saturated heterocycles. The second-order valence-corrected chi connectivity index (χ2v) is 14.3. The number of rotatable bonds is 6. The summed E-state index contributed by atoms with van der Waals surface area (Å²) in [6, 6.07) is 61.3. The molecule has 8 aromatic rings. The fourth-order valence-corrected chi connectivity index (χ4v) is 8.30. The maximum Gasteiger partial charge on any atom is 0.124 e. The Balaban J connectivity index is 1.15. The molecule has 0 atom stereocenters. The van der Waals surface area contributed by atoms with E-state index in [1.54, 1.807) is 11.3 Å². The molecule has 0 radical (unpaired) electrons. The third kappa shape index (κ3) is 5.15. The van der Waals surface area contributed by atoms with Crippen LogP contribution in [0.4, 0.5) is 17.1 Å². The van der Waals surface area contributed by atoms with Gasteiger partial charge in [-0.3, -0.25) is 0 Å². The zero-order chi connectivity index (χ0) is 33.0. The standard InChI is InChI=1S/C46H34N2S/c1-46(2)41-19-10-9-18-39(41)40-26-24-37(29-42(40)46)48(36-17-11-16-35(28-36)32-14-7-4-8-15-32)38-25-27-44-43(30-38)47-45(49-44)34-22-20-33(21-23-34)31-12-5-3-6-13-31/h3-30H,1-2H3. The third-order valence-electron chi connectivity index (χ3n) is 9.91. The number of hydrogen-bond donors (Lipinski definition) is 0. The van der Waals surface area contributed by atoms with E-state index in [0.29, 0.717) is 0 Å². The highest BCUT2D eigenvalue weighted by Crippen LogP contribution is 2.51. The van der Waals surface area contributed by atoms with Crippen molar-refractivity contribution in [2.24, 2.45) is 0 Å². The summed E-state index contributed by atoms with van der Waals surface area (Å²) in [6.45, 7) is 4.69. The van der Waals surface area contributed by atoms with Crippen LogP contribution >= 0.6 is 11.3 Å². The molecule has 1 aliphatic rings. The lowest BCUT2D eigenvalue weighted by molar-refractivity contribution is 0.660. The molecule has 0 bridgehead atoms. The maximum atomic E-state index is 5.18. The van der Waals surface area contributed by atoms with Gasteiger partial charge in [-0.15, -0.1) is 11.3 Å². The molecule has 0 N–H and O–H groups in total. The zero-order valence-corrected chi connectivity index (χ0v) is 28.3. The average molecular weight is 647 g/mol. The topological polar surface area (TPSA) is 16.1 Å². The van der Waals surface area contributed by atoms with Gasteiger partial charge >= 0.3 is 0 Å². The lowest BCUT2D eigenvalue weighted by Crippen LogP contribution is -2.16. The number of nitrogens with zero attached hydrogens (tertiary/aromatic N) is 2. The van der Waals surface area contributed by atoms with Crippen LogP contribution in [0.1, 0.15) is 25.0 Å². The molecular formula is C46H34N2S. The van der Waals surface area contributed by atoms with E-state index >= 15 is 0 Å². The number of fused-ring (bicyclic) bond motifs is 4.